The Morgan fingerprint density at radius 1 is 1.11 bits per heavy atom. The molecule has 3 N–H and O–H groups in total. The van der Waals surface area contributed by atoms with Gasteiger partial charge in [-0.1, -0.05) is 6.07 Å². The second-order valence-electron chi connectivity index (χ2n) is 3.47. The van der Waals surface area contributed by atoms with Gasteiger partial charge < -0.3 is 10.2 Å². The van der Waals surface area contributed by atoms with Crippen LogP contribution in [0.2, 0.25) is 10.1 Å². The van der Waals surface area contributed by atoms with Crippen LogP contribution in [0.1, 0.15) is 20.7 Å². The molecule has 0 aliphatic rings. The molecule has 19 heavy (non-hydrogen) atoms. The lowest BCUT2D eigenvalue weighted by molar-refractivity contribution is 0.0648. The van der Waals surface area contributed by atoms with Crippen molar-refractivity contribution in [3.8, 4) is 0 Å². The standard InChI is InChI=1S/C8H6O7S.2CH3.Mg/c9-7(10)4-2-1-3-5(16(13,14)15)6(4)8(11)12;;;/h1-3H,(H,9,10)(H,11,12)(H,13,14,15);2*1H3;. The van der Waals surface area contributed by atoms with Crippen LogP contribution in [0.25, 0.3) is 0 Å². The normalized spacial score (nSPS) is 9.84. The van der Waals surface area contributed by atoms with E-state index in [1.165, 1.54) is 0 Å². The van der Waals surface area contributed by atoms with Crippen LogP contribution in [0.4, 0.5) is 0 Å². The van der Waals surface area contributed by atoms with Gasteiger partial charge in [0, 0.05) is 0 Å². The molecular weight excluding hydrogens is 288 g/mol. The van der Waals surface area contributed by atoms with Crippen LogP contribution in [0.5, 0.6) is 0 Å². The summed E-state index contributed by atoms with van der Waals surface area (Å²) >= 11 is 0.417. The highest BCUT2D eigenvalue weighted by Crippen LogP contribution is 2.19. The van der Waals surface area contributed by atoms with Crippen molar-refractivity contribution in [2.45, 2.75) is 15.0 Å². The Morgan fingerprint density at radius 3 is 1.89 bits per heavy atom. The number of hydrogen-bond donors (Lipinski definition) is 3. The molecule has 0 atom stereocenters. The molecular formula is C10H12MgO7S. The van der Waals surface area contributed by atoms with E-state index in [1.54, 1.807) is 0 Å². The zero-order valence-corrected chi connectivity index (χ0v) is 12.6. The van der Waals surface area contributed by atoms with Gasteiger partial charge in [-0.05, 0) is 12.1 Å². The van der Waals surface area contributed by atoms with Crippen molar-refractivity contribution in [2.75, 3.05) is 0 Å². The molecule has 0 saturated carbocycles. The van der Waals surface area contributed by atoms with Gasteiger partial charge in [0.2, 0.25) is 0 Å². The van der Waals surface area contributed by atoms with Gasteiger partial charge in [-0.15, -0.1) is 0 Å². The number of carboxylic acids is 2. The Morgan fingerprint density at radius 2 is 1.58 bits per heavy atom. The lowest BCUT2D eigenvalue weighted by atomic mass is 10.1. The fraction of sp³-hybridized carbons (Fsp3) is 0.200. The van der Waals surface area contributed by atoms with E-state index in [1.807, 2.05) is 0 Å². The molecule has 0 spiro atoms. The third-order valence-corrected chi connectivity index (χ3v) is 2.64. The molecule has 1 aromatic rings. The first-order valence-corrected chi connectivity index (χ1v) is 9.50. The molecule has 0 saturated heterocycles. The maximum Gasteiger partial charge on any atom is 0.356 e. The Hall–Kier alpha value is -1.16. The number of hydrogen-bond acceptors (Lipinski definition) is 4. The second-order valence-corrected chi connectivity index (χ2v) is 6.28. The first kappa shape index (κ1) is 17.8. The summed E-state index contributed by atoms with van der Waals surface area (Å²) in [6.45, 7) is 0. The highest BCUT2D eigenvalue weighted by Gasteiger charge is 2.25. The van der Waals surface area contributed by atoms with Crippen molar-refractivity contribution in [3.05, 3.63) is 29.3 Å². The van der Waals surface area contributed by atoms with Gasteiger partial charge in [0.15, 0.2) is 0 Å². The zero-order chi connectivity index (χ0) is 15.2. The lowest BCUT2D eigenvalue weighted by Crippen LogP contribution is -2.14. The van der Waals surface area contributed by atoms with Crippen LogP contribution in [-0.4, -0.2) is 55.5 Å². The Bertz CT molecular complexity index is 580. The quantitative estimate of drug-likeness (QED) is 0.563. The number of benzene rings is 1. The molecule has 0 bridgehead atoms. The molecule has 0 unspecified atom stereocenters. The SMILES string of the molecule is O=C(O)c1cccc(S(=O)(=O)O)c1C(=O)O.[CH3][Mg][CH3]. The molecule has 0 aliphatic heterocycles. The Labute approximate surface area is 119 Å². The molecule has 102 valence electrons. The van der Waals surface area contributed by atoms with E-state index in [0.717, 1.165) is 18.2 Å². The minimum absolute atomic E-state index is 0.417. The van der Waals surface area contributed by atoms with Crippen LogP contribution in [0.15, 0.2) is 23.1 Å². The summed E-state index contributed by atoms with van der Waals surface area (Å²) in [5.41, 5.74) is -1.67. The highest BCUT2D eigenvalue weighted by atomic mass is 32.2. The minimum Gasteiger partial charge on any atom is -0.478 e. The number of carboxylic acid groups (broad SMARTS) is 2. The maximum atomic E-state index is 10.8. The van der Waals surface area contributed by atoms with Crippen molar-refractivity contribution in [1.82, 2.24) is 0 Å². The third kappa shape index (κ3) is 5.15. The van der Waals surface area contributed by atoms with E-state index >= 15 is 0 Å². The third-order valence-electron chi connectivity index (χ3n) is 1.75. The van der Waals surface area contributed by atoms with Crippen LogP contribution >= 0.6 is 0 Å². The fourth-order valence-corrected chi connectivity index (χ4v) is 1.85. The second kappa shape index (κ2) is 7.43. The first-order chi connectivity index (χ1) is 8.66. The monoisotopic (exact) mass is 300 g/mol. The molecule has 1 rings (SSSR count). The van der Waals surface area contributed by atoms with Gasteiger partial charge in [-0.3, -0.25) is 4.55 Å². The highest BCUT2D eigenvalue weighted by molar-refractivity contribution is 7.86. The van der Waals surface area contributed by atoms with Gasteiger partial charge in [-0.25, -0.2) is 9.59 Å². The van der Waals surface area contributed by atoms with E-state index in [4.69, 9.17) is 14.8 Å². The van der Waals surface area contributed by atoms with Gasteiger partial charge in [-0.2, -0.15) is 18.5 Å². The summed E-state index contributed by atoms with van der Waals surface area (Å²) in [6, 6.07) is 2.77. The van der Waals surface area contributed by atoms with Crippen LogP contribution in [0.3, 0.4) is 0 Å². The lowest BCUT2D eigenvalue weighted by Gasteiger charge is -2.05. The molecule has 0 aromatic heterocycles. The van der Waals surface area contributed by atoms with Crippen LogP contribution in [-0.2, 0) is 10.1 Å². The van der Waals surface area contributed by atoms with Crippen molar-refractivity contribution >= 4 is 42.4 Å². The van der Waals surface area contributed by atoms with Crippen molar-refractivity contribution < 1.29 is 32.8 Å². The van der Waals surface area contributed by atoms with Crippen molar-refractivity contribution in [2.24, 2.45) is 0 Å². The molecule has 0 amide bonds. The summed E-state index contributed by atoms with van der Waals surface area (Å²) in [6.07, 6.45) is 0. The van der Waals surface area contributed by atoms with Crippen LogP contribution < -0.4 is 0 Å². The smallest absolute Gasteiger partial charge is 0.356 e. The van der Waals surface area contributed by atoms with Gasteiger partial charge in [0.25, 0.3) is 10.1 Å². The number of rotatable bonds is 3. The van der Waals surface area contributed by atoms with E-state index in [-0.39, 0.29) is 0 Å². The summed E-state index contributed by atoms with van der Waals surface area (Å²) in [7, 11) is -4.78. The van der Waals surface area contributed by atoms with Gasteiger partial charge >= 0.3 is 32.3 Å². The Balaban J connectivity index is 0.000000982. The zero-order valence-electron chi connectivity index (χ0n) is 10.3. The van der Waals surface area contributed by atoms with E-state index in [2.05, 4.69) is 10.1 Å². The Kier molecular flexibility index (Phi) is 6.98. The average molecular weight is 301 g/mol. The average Bonchev–Trinajstić information content (AvgIpc) is 2.27. The van der Waals surface area contributed by atoms with Crippen molar-refractivity contribution in [3.63, 3.8) is 0 Å². The summed E-state index contributed by atoms with van der Waals surface area (Å²) in [5, 5.41) is 21.9. The topological polar surface area (TPSA) is 129 Å². The molecule has 0 radical (unpaired) electrons. The summed E-state index contributed by atoms with van der Waals surface area (Å²) in [5.74, 6) is -3.34. The predicted octanol–water partition coefficient (Wildman–Crippen LogP) is 1.12. The van der Waals surface area contributed by atoms with E-state index < -0.39 is 38.1 Å². The summed E-state index contributed by atoms with van der Waals surface area (Å²) in [4.78, 5) is 20.5. The molecule has 7 nitrogen and oxygen atoms in total. The fourth-order valence-electron chi connectivity index (χ4n) is 1.14. The molecule has 1 aromatic carbocycles. The number of aromatic carboxylic acids is 2. The first-order valence-electron chi connectivity index (χ1n) is 5.23. The van der Waals surface area contributed by atoms with Crippen LogP contribution in [0, 0.1) is 0 Å². The molecule has 0 heterocycles. The van der Waals surface area contributed by atoms with E-state index in [0.29, 0.717) is 20.4 Å². The molecule has 9 heteroatoms. The summed E-state index contributed by atoms with van der Waals surface area (Å²) < 4.78 is 30.4. The molecule has 0 fully saturated rings. The number of carbonyl (C=O) groups is 2. The van der Waals surface area contributed by atoms with E-state index in [9.17, 15) is 18.0 Å². The largest absolute Gasteiger partial charge is 0.478 e. The predicted molar refractivity (Wildman–Crippen MR) is 67.7 cm³/mol. The maximum absolute atomic E-state index is 10.8. The minimum atomic E-state index is -4.78. The van der Waals surface area contributed by atoms with Crippen molar-refractivity contribution in [1.29, 1.82) is 0 Å². The van der Waals surface area contributed by atoms with Gasteiger partial charge in [0.1, 0.15) is 4.90 Å². The molecule has 0 aliphatic carbocycles. The van der Waals surface area contributed by atoms with Gasteiger partial charge in [0.05, 0.1) is 11.1 Å².